The second kappa shape index (κ2) is 10.6. The molecular formula is C19H18CaNO9P. The second-order valence-corrected chi connectivity index (χ2v) is 6.93. The number of phosphoric acid groups is 1. The van der Waals surface area contributed by atoms with Crippen LogP contribution in [0.15, 0.2) is 41.1 Å². The average Bonchev–Trinajstić information content (AvgIpc) is 3.21. The first-order chi connectivity index (χ1) is 14.3. The Morgan fingerprint density at radius 3 is 1.94 bits per heavy atom. The molecule has 0 aliphatic carbocycles. The number of oxazole rings is 1. The van der Waals surface area contributed by atoms with Crippen molar-refractivity contribution in [1.29, 1.82) is 0 Å². The Hall–Kier alpha value is -1.94. The van der Waals surface area contributed by atoms with E-state index in [9.17, 15) is 14.4 Å². The molecule has 0 fully saturated rings. The predicted molar refractivity (Wildman–Crippen MR) is 108 cm³/mol. The third kappa shape index (κ3) is 5.65. The van der Waals surface area contributed by atoms with Crippen LogP contribution in [0.3, 0.4) is 0 Å². The van der Waals surface area contributed by atoms with Gasteiger partial charge in [0.05, 0.1) is 28.4 Å². The molecule has 0 saturated carbocycles. The number of methoxy groups -OCH3 is 4. The maximum atomic E-state index is 11.1. The summed E-state index contributed by atoms with van der Waals surface area (Å²) in [5.41, 5.74) is 1.41. The molecule has 0 bridgehead atoms. The minimum Gasteiger partial charge on any atom is -0.780 e. The summed E-state index contributed by atoms with van der Waals surface area (Å²) in [6.07, 6.45) is 1.23. The minimum absolute atomic E-state index is 0. The molecule has 2 aromatic carbocycles. The number of phosphoric ester groups is 1. The topological polar surface area (TPSA) is 135 Å². The van der Waals surface area contributed by atoms with Gasteiger partial charge in [-0.3, -0.25) is 0 Å². The molecule has 12 heteroatoms. The van der Waals surface area contributed by atoms with Gasteiger partial charge in [0, 0.05) is 11.1 Å². The van der Waals surface area contributed by atoms with Crippen LogP contribution < -0.4 is 33.3 Å². The Kier molecular flexibility index (Phi) is 8.65. The number of nitrogens with zero attached hydrogens (tertiary/aromatic N) is 1. The zero-order valence-electron chi connectivity index (χ0n) is 17.2. The fourth-order valence-electron chi connectivity index (χ4n) is 2.88. The second-order valence-electron chi connectivity index (χ2n) is 5.85. The first-order valence-electron chi connectivity index (χ1n) is 8.45. The molecule has 3 rings (SSSR count). The van der Waals surface area contributed by atoms with Gasteiger partial charge in [-0.1, -0.05) is 0 Å². The monoisotopic (exact) mass is 475 g/mol. The fourth-order valence-corrected chi connectivity index (χ4v) is 3.27. The molecule has 3 aromatic rings. The normalized spacial score (nSPS) is 10.8. The van der Waals surface area contributed by atoms with Crippen molar-refractivity contribution < 1.29 is 42.2 Å². The maximum Gasteiger partial charge on any atom is 2.00 e. The van der Waals surface area contributed by atoms with Crippen LogP contribution in [-0.2, 0) is 4.57 Å². The SMILES string of the molecule is COc1ccc(-c2ocnc2-c2cc(OC)c(OC)c(OC)c2)cc1OP(=O)([O-])[O-].[Ca+2]. The van der Waals surface area contributed by atoms with Gasteiger partial charge < -0.3 is 42.2 Å². The third-order valence-corrected chi connectivity index (χ3v) is 4.56. The standard InChI is InChI=1S/C19H20NO9P.Ca/c1-24-13-6-5-11(7-14(13)29-30(21,22)23)18-17(20-10-28-18)12-8-15(25-2)19(27-4)16(9-12)26-3;/h5-10H,1-4H3,(H2,21,22,23);/q;+2/p-2. The third-order valence-electron chi connectivity index (χ3n) is 4.14. The van der Waals surface area contributed by atoms with Crippen molar-refractivity contribution in [3.63, 3.8) is 0 Å². The van der Waals surface area contributed by atoms with Gasteiger partial charge in [-0.05, 0) is 30.3 Å². The molecule has 1 aromatic heterocycles. The quantitative estimate of drug-likeness (QED) is 0.351. The van der Waals surface area contributed by atoms with E-state index in [4.69, 9.17) is 23.4 Å². The molecule has 0 unspecified atom stereocenters. The summed E-state index contributed by atoms with van der Waals surface area (Å²) < 4.78 is 42.2. The van der Waals surface area contributed by atoms with Gasteiger partial charge >= 0.3 is 37.7 Å². The Labute approximate surface area is 208 Å². The van der Waals surface area contributed by atoms with Crippen LogP contribution >= 0.6 is 7.82 Å². The molecule has 0 spiro atoms. The van der Waals surface area contributed by atoms with E-state index in [1.165, 1.54) is 47.0 Å². The van der Waals surface area contributed by atoms with Gasteiger partial charge in [-0.25, -0.2) is 4.98 Å². The Bertz CT molecular complexity index is 1070. The maximum absolute atomic E-state index is 11.1. The molecule has 0 N–H and O–H groups in total. The molecule has 160 valence electrons. The van der Waals surface area contributed by atoms with Crippen molar-refractivity contribution in [2.24, 2.45) is 0 Å². The van der Waals surface area contributed by atoms with E-state index in [-0.39, 0.29) is 49.2 Å². The molecule has 0 amide bonds. The average molecular weight is 475 g/mol. The molecule has 0 aliphatic heterocycles. The molecular weight excluding hydrogens is 457 g/mol. The number of benzene rings is 2. The number of hydrogen-bond acceptors (Lipinski definition) is 10. The van der Waals surface area contributed by atoms with Crippen molar-refractivity contribution in [1.82, 2.24) is 4.98 Å². The van der Waals surface area contributed by atoms with Crippen molar-refractivity contribution >= 4 is 45.6 Å². The Morgan fingerprint density at radius 1 is 0.839 bits per heavy atom. The number of rotatable bonds is 8. The van der Waals surface area contributed by atoms with E-state index in [0.29, 0.717) is 39.8 Å². The summed E-state index contributed by atoms with van der Waals surface area (Å²) in [6.45, 7) is 0. The van der Waals surface area contributed by atoms with Crippen LogP contribution in [0.25, 0.3) is 22.6 Å². The number of aromatic nitrogens is 1. The first kappa shape index (κ1) is 25.3. The Balaban J connectivity index is 0.00000341. The van der Waals surface area contributed by atoms with E-state index in [0.717, 1.165) is 0 Å². The molecule has 1 heterocycles. The van der Waals surface area contributed by atoms with Gasteiger partial charge in [0.25, 0.3) is 0 Å². The summed E-state index contributed by atoms with van der Waals surface area (Å²) >= 11 is 0. The van der Waals surface area contributed by atoms with Crippen molar-refractivity contribution in [3.05, 3.63) is 36.7 Å². The van der Waals surface area contributed by atoms with Gasteiger partial charge in [0.1, 0.15) is 13.5 Å². The van der Waals surface area contributed by atoms with Crippen molar-refractivity contribution in [2.45, 2.75) is 0 Å². The van der Waals surface area contributed by atoms with Crippen LogP contribution in [0.1, 0.15) is 0 Å². The zero-order valence-corrected chi connectivity index (χ0v) is 20.3. The van der Waals surface area contributed by atoms with Crippen LogP contribution in [0.4, 0.5) is 0 Å². The molecule has 0 aliphatic rings. The van der Waals surface area contributed by atoms with Crippen LogP contribution in [0.5, 0.6) is 28.7 Å². The molecule has 31 heavy (non-hydrogen) atoms. The minimum atomic E-state index is -5.30. The van der Waals surface area contributed by atoms with Crippen LogP contribution in [0, 0.1) is 0 Å². The summed E-state index contributed by atoms with van der Waals surface area (Å²) in [5.74, 6) is 1.34. The van der Waals surface area contributed by atoms with Gasteiger partial charge in [0.2, 0.25) is 5.75 Å². The number of ether oxygens (including phenoxy) is 4. The Morgan fingerprint density at radius 2 is 1.42 bits per heavy atom. The zero-order chi connectivity index (χ0) is 21.9. The largest absolute Gasteiger partial charge is 2.00 e. The van der Waals surface area contributed by atoms with E-state index >= 15 is 0 Å². The smallest absolute Gasteiger partial charge is 0.780 e. The van der Waals surface area contributed by atoms with E-state index in [1.54, 1.807) is 18.2 Å². The summed E-state index contributed by atoms with van der Waals surface area (Å²) in [5, 5.41) is 0. The first-order valence-corrected chi connectivity index (χ1v) is 9.91. The van der Waals surface area contributed by atoms with Crippen molar-refractivity contribution in [2.75, 3.05) is 28.4 Å². The van der Waals surface area contributed by atoms with Crippen molar-refractivity contribution in [3.8, 4) is 51.3 Å². The number of hydrogen-bond donors (Lipinski definition) is 0. The van der Waals surface area contributed by atoms with Gasteiger partial charge in [-0.2, -0.15) is 0 Å². The molecule has 0 atom stereocenters. The molecule has 10 nitrogen and oxygen atoms in total. The molecule has 0 saturated heterocycles. The summed E-state index contributed by atoms with van der Waals surface area (Å²) in [6, 6.07) is 7.74. The van der Waals surface area contributed by atoms with E-state index in [1.807, 2.05) is 0 Å². The molecule has 0 radical (unpaired) electrons. The van der Waals surface area contributed by atoms with Gasteiger partial charge in [-0.15, -0.1) is 0 Å². The van der Waals surface area contributed by atoms with Crippen LogP contribution in [0.2, 0.25) is 0 Å². The summed E-state index contributed by atoms with van der Waals surface area (Å²) in [7, 11) is 0.487. The summed E-state index contributed by atoms with van der Waals surface area (Å²) in [4.78, 5) is 26.4. The van der Waals surface area contributed by atoms with E-state index < -0.39 is 7.82 Å². The van der Waals surface area contributed by atoms with Crippen LogP contribution in [-0.4, -0.2) is 71.2 Å². The van der Waals surface area contributed by atoms with Gasteiger partial charge in [0.15, 0.2) is 35.2 Å². The fraction of sp³-hybridized carbons (Fsp3) is 0.211. The predicted octanol–water partition coefficient (Wildman–Crippen LogP) is 1.87. The van der Waals surface area contributed by atoms with E-state index in [2.05, 4.69) is 9.51 Å².